The molecule has 0 unspecified atom stereocenters. The summed E-state index contributed by atoms with van der Waals surface area (Å²) in [5.74, 6) is -1.21. The Kier molecular flexibility index (Phi) is 3.51. The lowest BCUT2D eigenvalue weighted by molar-refractivity contribution is -0.141. The van der Waals surface area contributed by atoms with Crippen LogP contribution in [0.2, 0.25) is 0 Å². The highest BCUT2D eigenvalue weighted by atomic mass is 19.4. The number of nitrogens with zero attached hydrogens (tertiary/aromatic N) is 3. The van der Waals surface area contributed by atoms with E-state index in [9.17, 15) is 17.6 Å². The van der Waals surface area contributed by atoms with Crippen LogP contribution in [0.4, 0.5) is 23.4 Å². The molecule has 2 fully saturated rings. The molecular weight excluding hydrogens is 288 g/mol. The van der Waals surface area contributed by atoms with Gasteiger partial charge < -0.3 is 10.2 Å². The van der Waals surface area contributed by atoms with E-state index in [1.807, 2.05) is 0 Å². The van der Waals surface area contributed by atoms with Gasteiger partial charge in [0.2, 0.25) is 0 Å². The van der Waals surface area contributed by atoms with Crippen LogP contribution in [0.5, 0.6) is 0 Å². The van der Waals surface area contributed by atoms with Crippen molar-refractivity contribution in [3.8, 4) is 0 Å². The van der Waals surface area contributed by atoms with Gasteiger partial charge >= 0.3 is 6.18 Å². The Morgan fingerprint density at radius 1 is 1.19 bits per heavy atom. The Labute approximate surface area is 119 Å². The molecule has 0 atom stereocenters. The van der Waals surface area contributed by atoms with Gasteiger partial charge in [0, 0.05) is 13.1 Å². The third kappa shape index (κ3) is 2.81. The molecule has 1 aromatic rings. The Bertz CT molecular complexity index is 525. The average Bonchev–Trinajstić information content (AvgIpc) is 2.82. The van der Waals surface area contributed by atoms with Gasteiger partial charge in [-0.2, -0.15) is 17.6 Å². The fourth-order valence-electron chi connectivity index (χ4n) is 3.18. The summed E-state index contributed by atoms with van der Waals surface area (Å²) in [5.41, 5.74) is -1.08. The molecule has 4 nitrogen and oxygen atoms in total. The van der Waals surface area contributed by atoms with E-state index in [0.717, 1.165) is 32.4 Å². The summed E-state index contributed by atoms with van der Waals surface area (Å²) in [7, 11) is 0. The van der Waals surface area contributed by atoms with E-state index in [0.29, 0.717) is 19.3 Å². The molecule has 3 rings (SSSR count). The number of halogens is 4. The number of aromatic nitrogens is 2. The lowest BCUT2D eigenvalue weighted by Gasteiger charge is -2.33. The molecule has 1 aromatic heterocycles. The van der Waals surface area contributed by atoms with E-state index >= 15 is 0 Å². The molecular formula is C13H16F4N4. The van der Waals surface area contributed by atoms with Crippen LogP contribution in [0.3, 0.4) is 0 Å². The molecule has 0 bridgehead atoms. The summed E-state index contributed by atoms with van der Waals surface area (Å²) in [6, 6.07) is 0. The maximum atomic E-state index is 13.8. The van der Waals surface area contributed by atoms with E-state index in [1.165, 1.54) is 0 Å². The first kappa shape index (κ1) is 14.5. The molecule has 2 aliphatic rings. The van der Waals surface area contributed by atoms with E-state index < -0.39 is 17.8 Å². The van der Waals surface area contributed by atoms with Gasteiger partial charge in [-0.05, 0) is 37.8 Å². The molecule has 1 spiro atoms. The number of hydrogen-bond donors (Lipinski definition) is 1. The van der Waals surface area contributed by atoms with Crippen molar-refractivity contribution >= 4 is 5.82 Å². The molecule has 0 aliphatic carbocycles. The van der Waals surface area contributed by atoms with Crippen LogP contribution in [0.1, 0.15) is 25.0 Å². The van der Waals surface area contributed by atoms with Crippen LogP contribution in [-0.4, -0.2) is 36.1 Å². The van der Waals surface area contributed by atoms with Gasteiger partial charge in [-0.25, -0.2) is 9.97 Å². The normalized spacial score (nSPS) is 22.0. The lowest BCUT2D eigenvalue weighted by atomic mass is 9.78. The lowest BCUT2D eigenvalue weighted by Crippen LogP contribution is -2.39. The highest BCUT2D eigenvalue weighted by Gasteiger charge is 2.41. The summed E-state index contributed by atoms with van der Waals surface area (Å²) in [6.45, 7) is 2.85. The summed E-state index contributed by atoms with van der Waals surface area (Å²) in [5, 5.41) is 3.26. The minimum absolute atomic E-state index is 0.0631. The van der Waals surface area contributed by atoms with Gasteiger partial charge in [-0.1, -0.05) is 0 Å². The second-order valence-electron chi connectivity index (χ2n) is 5.79. The van der Waals surface area contributed by atoms with Crippen molar-refractivity contribution in [2.24, 2.45) is 5.41 Å². The second-order valence-corrected chi connectivity index (χ2v) is 5.79. The first-order chi connectivity index (χ1) is 9.90. The zero-order chi connectivity index (χ0) is 15.1. The largest absolute Gasteiger partial charge is 0.434 e. The van der Waals surface area contributed by atoms with E-state index in [4.69, 9.17) is 0 Å². The monoisotopic (exact) mass is 304 g/mol. The Morgan fingerprint density at radius 2 is 1.90 bits per heavy atom. The van der Waals surface area contributed by atoms with Crippen molar-refractivity contribution in [1.29, 1.82) is 0 Å². The molecule has 3 heterocycles. The van der Waals surface area contributed by atoms with Crippen molar-refractivity contribution in [3.05, 3.63) is 17.8 Å². The highest BCUT2D eigenvalue weighted by Crippen LogP contribution is 2.40. The van der Waals surface area contributed by atoms with Crippen LogP contribution < -0.4 is 10.2 Å². The Balaban J connectivity index is 1.84. The minimum Gasteiger partial charge on any atom is -0.352 e. The molecule has 21 heavy (non-hydrogen) atoms. The highest BCUT2D eigenvalue weighted by molar-refractivity contribution is 5.40. The smallest absolute Gasteiger partial charge is 0.352 e. The van der Waals surface area contributed by atoms with Gasteiger partial charge in [-0.15, -0.1) is 0 Å². The zero-order valence-electron chi connectivity index (χ0n) is 11.4. The van der Waals surface area contributed by atoms with E-state index in [2.05, 4.69) is 15.3 Å². The Morgan fingerprint density at radius 3 is 2.57 bits per heavy atom. The van der Waals surface area contributed by atoms with Gasteiger partial charge in [0.1, 0.15) is 0 Å². The Hall–Kier alpha value is -1.44. The molecule has 116 valence electrons. The average molecular weight is 304 g/mol. The van der Waals surface area contributed by atoms with Gasteiger partial charge in [-0.3, -0.25) is 0 Å². The first-order valence-electron chi connectivity index (χ1n) is 6.95. The van der Waals surface area contributed by atoms with Gasteiger partial charge in [0.25, 0.3) is 5.95 Å². The number of alkyl halides is 3. The summed E-state index contributed by atoms with van der Waals surface area (Å²) in [4.78, 5) is 8.27. The van der Waals surface area contributed by atoms with Crippen molar-refractivity contribution in [2.45, 2.75) is 25.4 Å². The third-order valence-corrected chi connectivity index (χ3v) is 4.40. The maximum absolute atomic E-state index is 13.8. The molecule has 0 amide bonds. The fourth-order valence-corrected chi connectivity index (χ4v) is 3.18. The zero-order valence-corrected chi connectivity index (χ0v) is 11.4. The fraction of sp³-hybridized carbons (Fsp3) is 0.692. The summed E-state index contributed by atoms with van der Waals surface area (Å²) in [6.07, 6.45) is -1.40. The van der Waals surface area contributed by atoms with E-state index in [-0.39, 0.29) is 11.2 Å². The summed E-state index contributed by atoms with van der Waals surface area (Å²) < 4.78 is 51.8. The summed E-state index contributed by atoms with van der Waals surface area (Å²) >= 11 is 0. The molecule has 8 heteroatoms. The predicted molar refractivity (Wildman–Crippen MR) is 68.4 cm³/mol. The SMILES string of the molecule is Fc1ncc(C(F)(F)F)nc1N1CCC2(CCNCC2)C1. The molecule has 0 aromatic carbocycles. The standard InChI is InChI=1S/C13H16F4N4/c14-10-11(20-9(7-19-10)13(15,16)17)21-6-3-12(8-21)1-4-18-5-2-12/h7,18H,1-6,8H2. The van der Waals surface area contributed by atoms with Crippen LogP contribution in [-0.2, 0) is 6.18 Å². The van der Waals surface area contributed by atoms with Crippen molar-refractivity contribution in [2.75, 3.05) is 31.1 Å². The maximum Gasteiger partial charge on any atom is 0.434 e. The van der Waals surface area contributed by atoms with Crippen molar-refractivity contribution < 1.29 is 17.6 Å². The van der Waals surface area contributed by atoms with Crippen molar-refractivity contribution in [1.82, 2.24) is 15.3 Å². The second kappa shape index (κ2) is 5.08. The first-order valence-corrected chi connectivity index (χ1v) is 6.95. The molecule has 0 radical (unpaired) electrons. The van der Waals surface area contributed by atoms with Crippen LogP contribution in [0.25, 0.3) is 0 Å². The molecule has 0 saturated carbocycles. The van der Waals surface area contributed by atoms with Crippen molar-refractivity contribution in [3.63, 3.8) is 0 Å². The van der Waals surface area contributed by atoms with Gasteiger partial charge in [0.15, 0.2) is 11.5 Å². The van der Waals surface area contributed by atoms with E-state index in [1.54, 1.807) is 4.90 Å². The minimum atomic E-state index is -4.61. The van der Waals surface area contributed by atoms with Crippen LogP contribution in [0.15, 0.2) is 6.20 Å². The number of piperidine rings is 1. The molecule has 1 N–H and O–H groups in total. The van der Waals surface area contributed by atoms with Gasteiger partial charge in [0.05, 0.1) is 6.20 Å². The molecule has 2 aliphatic heterocycles. The van der Waals surface area contributed by atoms with Crippen LogP contribution >= 0.6 is 0 Å². The number of hydrogen-bond acceptors (Lipinski definition) is 4. The topological polar surface area (TPSA) is 41.1 Å². The predicted octanol–water partition coefficient (Wildman–Crippen LogP) is 2.21. The number of nitrogens with one attached hydrogen (secondary N) is 1. The number of rotatable bonds is 1. The quantitative estimate of drug-likeness (QED) is 0.808. The third-order valence-electron chi connectivity index (χ3n) is 4.40. The van der Waals surface area contributed by atoms with Crippen LogP contribution in [0, 0.1) is 11.4 Å². The number of anilines is 1. The molecule has 2 saturated heterocycles.